The predicted molar refractivity (Wildman–Crippen MR) is 51.4 cm³/mol. The number of aryl methyl sites for hydroxylation is 1. The highest BCUT2D eigenvalue weighted by atomic mass is 15.5. The lowest BCUT2D eigenvalue weighted by Crippen LogP contribution is -2.19. The lowest BCUT2D eigenvalue weighted by Gasteiger charge is -2.16. The summed E-state index contributed by atoms with van der Waals surface area (Å²) >= 11 is 0. The lowest BCUT2D eigenvalue weighted by molar-refractivity contribution is 0.459. The van der Waals surface area contributed by atoms with Gasteiger partial charge >= 0.3 is 0 Å². The first kappa shape index (κ1) is 10.2. The average Bonchev–Trinajstić information content (AvgIpc) is 2.47. The molecular formula is C9H18N4. The molecule has 0 unspecified atom stereocenters. The molecule has 1 heterocycles. The highest BCUT2D eigenvalue weighted by Gasteiger charge is 2.21. The Bertz CT molecular complexity index is 259. The Labute approximate surface area is 79.3 Å². The first-order valence-corrected chi connectivity index (χ1v) is 4.82. The van der Waals surface area contributed by atoms with E-state index in [2.05, 4.69) is 43.2 Å². The first-order valence-electron chi connectivity index (χ1n) is 4.82. The fourth-order valence-electron chi connectivity index (χ4n) is 1.20. The predicted octanol–water partition coefficient (Wildman–Crippen LogP) is 1.77. The van der Waals surface area contributed by atoms with E-state index in [4.69, 9.17) is 0 Å². The summed E-state index contributed by atoms with van der Waals surface area (Å²) in [6, 6.07) is 0. The second-order valence-electron chi connectivity index (χ2n) is 4.33. The average molecular weight is 182 g/mol. The molecule has 0 aliphatic rings. The molecule has 0 fully saturated rings. The Morgan fingerprint density at radius 3 is 2.54 bits per heavy atom. The van der Waals surface area contributed by atoms with Crippen molar-refractivity contribution in [2.45, 2.75) is 52.5 Å². The Kier molecular flexibility index (Phi) is 3.01. The van der Waals surface area contributed by atoms with E-state index in [0.717, 1.165) is 18.8 Å². The summed E-state index contributed by atoms with van der Waals surface area (Å²) in [5.41, 5.74) is 0.0389. The van der Waals surface area contributed by atoms with Crippen molar-refractivity contribution in [1.82, 2.24) is 20.2 Å². The zero-order valence-electron chi connectivity index (χ0n) is 8.91. The Hall–Kier alpha value is -0.930. The van der Waals surface area contributed by atoms with E-state index in [0.29, 0.717) is 0 Å². The molecule has 1 aromatic heterocycles. The van der Waals surface area contributed by atoms with Crippen LogP contribution < -0.4 is 0 Å². The molecule has 0 amide bonds. The van der Waals surface area contributed by atoms with Crippen LogP contribution >= 0.6 is 0 Å². The number of aromatic nitrogens is 4. The van der Waals surface area contributed by atoms with E-state index in [1.807, 2.05) is 4.68 Å². The molecule has 0 aliphatic heterocycles. The highest BCUT2D eigenvalue weighted by molar-refractivity contribution is 4.98. The summed E-state index contributed by atoms with van der Waals surface area (Å²) in [7, 11) is 0. The van der Waals surface area contributed by atoms with Crippen LogP contribution in [-0.4, -0.2) is 20.2 Å². The van der Waals surface area contributed by atoms with Crippen LogP contribution in [0.3, 0.4) is 0 Å². The van der Waals surface area contributed by atoms with Gasteiger partial charge in [-0.1, -0.05) is 34.1 Å². The maximum atomic E-state index is 4.04. The molecule has 0 atom stereocenters. The minimum atomic E-state index is 0.0389. The molecule has 0 spiro atoms. The maximum Gasteiger partial charge on any atom is 0.156 e. The number of hydrogen-bond acceptors (Lipinski definition) is 3. The van der Waals surface area contributed by atoms with Gasteiger partial charge in [-0.3, -0.25) is 0 Å². The third-order valence-corrected chi connectivity index (χ3v) is 1.93. The zero-order valence-corrected chi connectivity index (χ0v) is 8.91. The van der Waals surface area contributed by atoms with Gasteiger partial charge in [0.15, 0.2) is 5.82 Å². The summed E-state index contributed by atoms with van der Waals surface area (Å²) in [6.45, 7) is 9.47. The quantitative estimate of drug-likeness (QED) is 0.715. The topological polar surface area (TPSA) is 43.6 Å². The van der Waals surface area contributed by atoms with Crippen LogP contribution in [0.2, 0.25) is 0 Å². The second kappa shape index (κ2) is 3.85. The van der Waals surface area contributed by atoms with E-state index < -0.39 is 0 Å². The molecule has 1 aromatic rings. The van der Waals surface area contributed by atoms with Crippen LogP contribution in [0, 0.1) is 0 Å². The standard InChI is InChI=1S/C9H18N4/c1-5-6-7-13-8(9(2,3)4)10-11-12-13/h5-7H2,1-4H3. The molecule has 0 bridgehead atoms. The number of tetrazole rings is 1. The van der Waals surface area contributed by atoms with Gasteiger partial charge in [0.1, 0.15) is 0 Å². The summed E-state index contributed by atoms with van der Waals surface area (Å²) in [4.78, 5) is 0. The zero-order chi connectivity index (χ0) is 9.90. The molecule has 0 saturated heterocycles. The van der Waals surface area contributed by atoms with Crippen molar-refractivity contribution < 1.29 is 0 Å². The molecule has 0 radical (unpaired) electrons. The van der Waals surface area contributed by atoms with E-state index >= 15 is 0 Å². The molecule has 0 aromatic carbocycles. The number of nitrogens with zero attached hydrogens (tertiary/aromatic N) is 4. The minimum absolute atomic E-state index is 0.0389. The summed E-state index contributed by atoms with van der Waals surface area (Å²) in [5, 5.41) is 11.7. The van der Waals surface area contributed by atoms with E-state index in [1.54, 1.807) is 0 Å². The van der Waals surface area contributed by atoms with Crippen molar-refractivity contribution in [3.63, 3.8) is 0 Å². The molecule has 0 aliphatic carbocycles. The van der Waals surface area contributed by atoms with Crippen molar-refractivity contribution in [2.75, 3.05) is 0 Å². The maximum absolute atomic E-state index is 4.04. The third kappa shape index (κ3) is 2.50. The molecule has 4 nitrogen and oxygen atoms in total. The summed E-state index contributed by atoms with van der Waals surface area (Å²) < 4.78 is 1.91. The van der Waals surface area contributed by atoms with Gasteiger partial charge in [-0.05, 0) is 16.8 Å². The van der Waals surface area contributed by atoms with Gasteiger partial charge in [-0.2, -0.15) is 0 Å². The first-order chi connectivity index (χ1) is 6.05. The van der Waals surface area contributed by atoms with Crippen molar-refractivity contribution in [3.8, 4) is 0 Å². The third-order valence-electron chi connectivity index (χ3n) is 1.93. The smallest absolute Gasteiger partial charge is 0.156 e. The van der Waals surface area contributed by atoms with E-state index in [-0.39, 0.29) is 5.41 Å². The van der Waals surface area contributed by atoms with Gasteiger partial charge in [0.25, 0.3) is 0 Å². The monoisotopic (exact) mass is 182 g/mol. The summed E-state index contributed by atoms with van der Waals surface area (Å²) in [6.07, 6.45) is 2.30. The van der Waals surface area contributed by atoms with Gasteiger partial charge in [0.05, 0.1) is 0 Å². The van der Waals surface area contributed by atoms with Crippen molar-refractivity contribution in [1.29, 1.82) is 0 Å². The van der Waals surface area contributed by atoms with Crippen molar-refractivity contribution in [2.24, 2.45) is 0 Å². The van der Waals surface area contributed by atoms with E-state index in [9.17, 15) is 0 Å². The molecule has 13 heavy (non-hydrogen) atoms. The van der Waals surface area contributed by atoms with Gasteiger partial charge < -0.3 is 0 Å². The Balaban J connectivity index is 2.77. The molecular weight excluding hydrogens is 164 g/mol. The van der Waals surface area contributed by atoms with Gasteiger partial charge in [-0.25, -0.2) is 4.68 Å². The molecule has 0 N–H and O–H groups in total. The highest BCUT2D eigenvalue weighted by Crippen LogP contribution is 2.18. The number of rotatable bonds is 3. The van der Waals surface area contributed by atoms with Crippen LogP contribution in [0.25, 0.3) is 0 Å². The van der Waals surface area contributed by atoms with Crippen LogP contribution in [-0.2, 0) is 12.0 Å². The second-order valence-corrected chi connectivity index (χ2v) is 4.33. The number of hydrogen-bond donors (Lipinski definition) is 0. The van der Waals surface area contributed by atoms with E-state index in [1.165, 1.54) is 6.42 Å². The number of unbranched alkanes of at least 4 members (excludes halogenated alkanes) is 1. The largest absolute Gasteiger partial charge is 0.229 e. The van der Waals surface area contributed by atoms with Crippen molar-refractivity contribution >= 4 is 0 Å². The fourth-order valence-corrected chi connectivity index (χ4v) is 1.20. The van der Waals surface area contributed by atoms with Gasteiger partial charge in [0.2, 0.25) is 0 Å². The van der Waals surface area contributed by atoms with Gasteiger partial charge in [-0.15, -0.1) is 5.10 Å². The summed E-state index contributed by atoms with van der Waals surface area (Å²) in [5.74, 6) is 0.973. The van der Waals surface area contributed by atoms with Crippen LogP contribution in [0.1, 0.15) is 46.4 Å². The molecule has 1 rings (SSSR count). The normalized spacial score (nSPS) is 12.0. The van der Waals surface area contributed by atoms with Crippen LogP contribution in [0.15, 0.2) is 0 Å². The fraction of sp³-hybridized carbons (Fsp3) is 0.889. The molecule has 4 heteroatoms. The minimum Gasteiger partial charge on any atom is -0.229 e. The van der Waals surface area contributed by atoms with Gasteiger partial charge in [0, 0.05) is 12.0 Å². The van der Waals surface area contributed by atoms with Crippen LogP contribution in [0.5, 0.6) is 0 Å². The molecule has 74 valence electrons. The van der Waals surface area contributed by atoms with Crippen LogP contribution in [0.4, 0.5) is 0 Å². The SMILES string of the molecule is CCCCn1nnnc1C(C)(C)C. The Morgan fingerprint density at radius 1 is 1.31 bits per heavy atom. The molecule has 0 saturated carbocycles. The lowest BCUT2D eigenvalue weighted by atomic mass is 9.96. The van der Waals surface area contributed by atoms with Crippen molar-refractivity contribution in [3.05, 3.63) is 5.82 Å². The Morgan fingerprint density at radius 2 is 2.00 bits per heavy atom.